The van der Waals surface area contributed by atoms with Crippen molar-refractivity contribution in [3.05, 3.63) is 88.6 Å². The van der Waals surface area contributed by atoms with Crippen molar-refractivity contribution in [1.29, 1.82) is 5.41 Å². The van der Waals surface area contributed by atoms with E-state index in [1.165, 1.54) is 6.21 Å². The van der Waals surface area contributed by atoms with Crippen LogP contribution in [0.3, 0.4) is 0 Å². The van der Waals surface area contributed by atoms with Crippen molar-refractivity contribution in [3.63, 3.8) is 0 Å². The van der Waals surface area contributed by atoms with Gasteiger partial charge >= 0.3 is 5.97 Å². The lowest BCUT2D eigenvalue weighted by molar-refractivity contribution is -0.150. The average Bonchev–Trinajstić information content (AvgIpc) is 2.88. The molecule has 0 spiro atoms. The molecule has 7 nitrogen and oxygen atoms in total. The highest BCUT2D eigenvalue weighted by Crippen LogP contribution is 2.31. The molecular formula is C27H30N4O3. The Balaban J connectivity index is 1.54. The van der Waals surface area contributed by atoms with Gasteiger partial charge in [0.2, 0.25) is 0 Å². The first kappa shape index (κ1) is 23.4. The first-order valence-corrected chi connectivity index (χ1v) is 11.5. The van der Waals surface area contributed by atoms with E-state index in [4.69, 9.17) is 14.9 Å². The summed E-state index contributed by atoms with van der Waals surface area (Å²) < 4.78 is 10.6. The Hall–Kier alpha value is -3.71. The molecule has 1 aliphatic heterocycles. The highest BCUT2D eigenvalue weighted by molar-refractivity contribution is 5.87. The summed E-state index contributed by atoms with van der Waals surface area (Å²) in [5.41, 5.74) is 4.96. The van der Waals surface area contributed by atoms with Crippen LogP contribution in [0.1, 0.15) is 40.8 Å². The minimum absolute atomic E-state index is 0.241. The summed E-state index contributed by atoms with van der Waals surface area (Å²) in [6.45, 7) is 4.03. The maximum Gasteiger partial charge on any atom is 0.328 e. The van der Waals surface area contributed by atoms with Crippen LogP contribution in [-0.4, -0.2) is 42.3 Å². The predicted octanol–water partition coefficient (Wildman–Crippen LogP) is 4.36. The van der Waals surface area contributed by atoms with Gasteiger partial charge < -0.3 is 20.2 Å². The summed E-state index contributed by atoms with van der Waals surface area (Å²) >= 11 is 0. The van der Waals surface area contributed by atoms with Gasteiger partial charge in [-0.1, -0.05) is 42.5 Å². The second-order valence-corrected chi connectivity index (χ2v) is 8.16. The molecule has 0 amide bonds. The average molecular weight is 459 g/mol. The molecule has 7 heteroatoms. The molecule has 0 saturated heterocycles. The lowest BCUT2D eigenvalue weighted by Crippen LogP contribution is -2.39. The molecule has 0 radical (unpaired) electrons. The van der Waals surface area contributed by atoms with E-state index in [-0.39, 0.29) is 5.97 Å². The number of methoxy groups -OCH3 is 1. The van der Waals surface area contributed by atoms with E-state index in [0.717, 1.165) is 40.0 Å². The third-order valence-electron chi connectivity index (χ3n) is 6.09. The summed E-state index contributed by atoms with van der Waals surface area (Å²) in [4.78, 5) is 19.6. The van der Waals surface area contributed by atoms with Gasteiger partial charge in [-0.3, -0.25) is 4.90 Å². The monoisotopic (exact) mass is 458 g/mol. The summed E-state index contributed by atoms with van der Waals surface area (Å²) in [6.07, 6.45) is 3.96. The zero-order valence-corrected chi connectivity index (χ0v) is 19.6. The molecule has 34 heavy (non-hydrogen) atoms. The van der Waals surface area contributed by atoms with Crippen molar-refractivity contribution in [2.45, 2.75) is 32.5 Å². The maximum atomic E-state index is 12.9. The van der Waals surface area contributed by atoms with Gasteiger partial charge in [-0.15, -0.1) is 0 Å². The molecular weight excluding hydrogens is 428 g/mol. The molecule has 0 aliphatic carbocycles. The number of nitrogens with one attached hydrogen (secondary N) is 2. The van der Waals surface area contributed by atoms with Crippen molar-refractivity contribution in [2.75, 3.05) is 25.6 Å². The SMILES string of the molecule is CCOC(=O)C(c1ccccc1)N1CCc2c(cnc(NCc3ccc(OC)cc3)c2C=N)C1. The molecule has 0 bridgehead atoms. The van der Waals surface area contributed by atoms with Crippen molar-refractivity contribution in [1.82, 2.24) is 9.88 Å². The number of pyridine rings is 1. The Morgan fingerprint density at radius 1 is 1.21 bits per heavy atom. The van der Waals surface area contributed by atoms with E-state index >= 15 is 0 Å². The van der Waals surface area contributed by atoms with Crippen LogP contribution in [-0.2, 0) is 29.0 Å². The van der Waals surface area contributed by atoms with Gasteiger partial charge in [0.15, 0.2) is 0 Å². The molecule has 176 valence electrons. The highest BCUT2D eigenvalue weighted by Gasteiger charge is 2.32. The normalized spacial score (nSPS) is 14.1. The lowest BCUT2D eigenvalue weighted by Gasteiger charge is -2.35. The Labute approximate surface area is 200 Å². The van der Waals surface area contributed by atoms with Crippen molar-refractivity contribution < 1.29 is 14.3 Å². The van der Waals surface area contributed by atoms with Crippen molar-refractivity contribution in [2.24, 2.45) is 0 Å². The summed E-state index contributed by atoms with van der Waals surface area (Å²) in [7, 11) is 1.65. The van der Waals surface area contributed by atoms with Crippen LogP contribution in [0.15, 0.2) is 60.8 Å². The number of hydrogen-bond acceptors (Lipinski definition) is 7. The molecule has 2 heterocycles. The smallest absolute Gasteiger partial charge is 0.328 e. The predicted molar refractivity (Wildman–Crippen MR) is 132 cm³/mol. The zero-order chi connectivity index (χ0) is 23.9. The topological polar surface area (TPSA) is 87.5 Å². The molecule has 2 N–H and O–H groups in total. The van der Waals surface area contributed by atoms with Gasteiger partial charge in [0, 0.05) is 37.6 Å². The number of rotatable bonds is 9. The number of esters is 1. The standard InChI is InChI=1S/C27H30N4O3/c1-3-34-27(32)25(20-7-5-4-6-8-20)31-14-13-23-21(18-31)17-30-26(24(23)15-28)29-16-19-9-11-22(33-2)12-10-19/h4-12,15,17,25,28H,3,13-14,16,18H2,1-2H3,(H,29,30). The fourth-order valence-electron chi connectivity index (χ4n) is 4.39. The molecule has 0 saturated carbocycles. The molecule has 1 aliphatic rings. The van der Waals surface area contributed by atoms with Gasteiger partial charge in [-0.25, -0.2) is 9.78 Å². The van der Waals surface area contributed by atoms with E-state index in [1.54, 1.807) is 7.11 Å². The Morgan fingerprint density at radius 2 is 1.97 bits per heavy atom. The van der Waals surface area contributed by atoms with Gasteiger partial charge in [0.1, 0.15) is 17.6 Å². The summed E-state index contributed by atoms with van der Waals surface area (Å²) in [5.74, 6) is 1.27. The van der Waals surface area contributed by atoms with Crippen molar-refractivity contribution >= 4 is 18.0 Å². The molecule has 2 aromatic carbocycles. The molecule has 1 aromatic heterocycles. The van der Waals surface area contributed by atoms with Crippen LogP contribution in [0.4, 0.5) is 5.82 Å². The number of aromatic nitrogens is 1. The second kappa shape index (κ2) is 10.9. The molecule has 1 atom stereocenters. The Bertz CT molecular complexity index is 1130. The number of ether oxygens (including phenoxy) is 2. The first-order chi connectivity index (χ1) is 16.6. The van der Waals surface area contributed by atoms with E-state index < -0.39 is 6.04 Å². The van der Waals surface area contributed by atoms with Gasteiger partial charge in [-0.05, 0) is 47.7 Å². The highest BCUT2D eigenvalue weighted by atomic mass is 16.5. The summed E-state index contributed by atoms with van der Waals surface area (Å²) in [5, 5.41) is 11.4. The third-order valence-corrected chi connectivity index (χ3v) is 6.09. The Kier molecular flexibility index (Phi) is 7.54. The minimum Gasteiger partial charge on any atom is -0.497 e. The van der Waals surface area contributed by atoms with E-state index in [1.807, 2.05) is 67.7 Å². The van der Waals surface area contributed by atoms with Gasteiger partial charge in [0.25, 0.3) is 0 Å². The number of nitrogens with zero attached hydrogens (tertiary/aromatic N) is 2. The van der Waals surface area contributed by atoms with Crippen LogP contribution in [0.5, 0.6) is 5.75 Å². The van der Waals surface area contributed by atoms with Gasteiger partial charge in [0.05, 0.1) is 13.7 Å². The number of benzene rings is 2. The van der Waals surface area contributed by atoms with E-state index in [2.05, 4.69) is 15.2 Å². The quantitative estimate of drug-likeness (QED) is 0.366. The van der Waals surface area contributed by atoms with Crippen LogP contribution >= 0.6 is 0 Å². The van der Waals surface area contributed by atoms with E-state index in [0.29, 0.717) is 32.1 Å². The first-order valence-electron chi connectivity index (χ1n) is 11.5. The van der Waals surface area contributed by atoms with Crippen LogP contribution in [0.25, 0.3) is 0 Å². The summed E-state index contributed by atoms with van der Waals surface area (Å²) in [6, 6.07) is 17.1. The molecule has 4 rings (SSSR count). The van der Waals surface area contributed by atoms with Crippen LogP contribution < -0.4 is 10.1 Å². The van der Waals surface area contributed by atoms with E-state index in [9.17, 15) is 4.79 Å². The number of carbonyl (C=O) groups is 1. The molecule has 0 fully saturated rings. The van der Waals surface area contributed by atoms with Gasteiger partial charge in [-0.2, -0.15) is 0 Å². The molecule has 1 unspecified atom stereocenters. The number of fused-ring (bicyclic) bond motifs is 1. The minimum atomic E-state index is -0.467. The van der Waals surface area contributed by atoms with Crippen molar-refractivity contribution in [3.8, 4) is 5.75 Å². The fourth-order valence-corrected chi connectivity index (χ4v) is 4.39. The lowest BCUT2D eigenvalue weighted by atomic mass is 9.94. The van der Waals surface area contributed by atoms with Crippen LogP contribution in [0.2, 0.25) is 0 Å². The largest absolute Gasteiger partial charge is 0.497 e. The van der Waals surface area contributed by atoms with Crippen LogP contribution in [0, 0.1) is 5.41 Å². The fraction of sp³-hybridized carbons (Fsp3) is 0.296. The Morgan fingerprint density at radius 3 is 2.65 bits per heavy atom. The maximum absolute atomic E-state index is 12.9. The number of anilines is 1. The number of carbonyl (C=O) groups excluding carboxylic acids is 1. The molecule has 3 aromatic rings. The zero-order valence-electron chi connectivity index (χ0n) is 19.6. The second-order valence-electron chi connectivity index (χ2n) is 8.16. The number of hydrogen-bond donors (Lipinski definition) is 2. The third kappa shape index (κ3) is 5.10.